The van der Waals surface area contributed by atoms with Crippen molar-refractivity contribution in [2.24, 2.45) is 4.99 Å². The van der Waals surface area contributed by atoms with Gasteiger partial charge in [0.15, 0.2) is 5.17 Å². The second-order valence-corrected chi connectivity index (χ2v) is 7.18. The number of para-hydroxylation sites is 1. The molecule has 1 N–H and O–H groups in total. The molecule has 1 amide bonds. The van der Waals surface area contributed by atoms with Crippen molar-refractivity contribution in [3.8, 4) is 16.9 Å². The Bertz CT molecular complexity index is 967. The van der Waals surface area contributed by atoms with Gasteiger partial charge in [-0.25, -0.2) is 4.68 Å². The van der Waals surface area contributed by atoms with Crippen molar-refractivity contribution in [3.63, 3.8) is 0 Å². The lowest BCUT2D eigenvalue weighted by atomic mass is 10.1. The second-order valence-electron chi connectivity index (χ2n) is 5.66. The van der Waals surface area contributed by atoms with Crippen LogP contribution >= 0.6 is 23.4 Å². The van der Waals surface area contributed by atoms with Gasteiger partial charge in [-0.05, 0) is 30.3 Å². The van der Waals surface area contributed by atoms with Gasteiger partial charge >= 0.3 is 0 Å². The van der Waals surface area contributed by atoms with E-state index in [9.17, 15) is 4.79 Å². The number of amidine groups is 1. The lowest BCUT2D eigenvalue weighted by molar-refractivity contribution is 0.0970. The summed E-state index contributed by atoms with van der Waals surface area (Å²) >= 11 is 7.52. The van der Waals surface area contributed by atoms with Gasteiger partial charge in [-0.3, -0.25) is 15.1 Å². The smallest absolute Gasteiger partial charge is 0.275 e. The molecule has 2 heterocycles. The molecule has 1 aliphatic heterocycles. The Labute approximate surface area is 160 Å². The summed E-state index contributed by atoms with van der Waals surface area (Å²) in [5.41, 5.74) is 2.87. The fourth-order valence-electron chi connectivity index (χ4n) is 2.64. The number of amides is 1. The predicted molar refractivity (Wildman–Crippen MR) is 106 cm³/mol. The van der Waals surface area contributed by atoms with Gasteiger partial charge in [0.1, 0.15) is 5.69 Å². The first-order chi connectivity index (χ1) is 12.7. The number of aromatic nitrogens is 2. The number of carbonyl (C=O) groups excluding carboxylic acids is 1. The molecule has 0 atom stereocenters. The average molecular weight is 383 g/mol. The highest BCUT2D eigenvalue weighted by molar-refractivity contribution is 8.14. The number of nitrogens with zero attached hydrogens (tertiary/aromatic N) is 3. The van der Waals surface area contributed by atoms with Gasteiger partial charge in [0.2, 0.25) is 0 Å². The maximum absolute atomic E-state index is 12.8. The number of carbonyl (C=O) groups is 1. The summed E-state index contributed by atoms with van der Waals surface area (Å²) in [6.07, 6.45) is 0. The van der Waals surface area contributed by atoms with E-state index >= 15 is 0 Å². The van der Waals surface area contributed by atoms with Crippen LogP contribution < -0.4 is 5.32 Å². The molecule has 7 heteroatoms. The van der Waals surface area contributed by atoms with Crippen molar-refractivity contribution >= 4 is 34.4 Å². The third kappa shape index (κ3) is 3.52. The van der Waals surface area contributed by atoms with E-state index in [0.717, 1.165) is 23.5 Å². The van der Waals surface area contributed by atoms with Crippen molar-refractivity contribution in [1.29, 1.82) is 0 Å². The van der Waals surface area contributed by atoms with E-state index in [4.69, 9.17) is 11.6 Å². The monoisotopic (exact) mass is 382 g/mol. The first kappa shape index (κ1) is 16.9. The summed E-state index contributed by atoms with van der Waals surface area (Å²) in [5, 5.41) is 8.83. The molecule has 3 aromatic rings. The highest BCUT2D eigenvalue weighted by Crippen LogP contribution is 2.23. The van der Waals surface area contributed by atoms with Crippen LogP contribution in [-0.2, 0) is 0 Å². The van der Waals surface area contributed by atoms with Crippen LogP contribution in [0, 0.1) is 0 Å². The SMILES string of the molecule is O=C(NC1=NCCS1)c1cc(-c2ccc(Cl)cc2)nn1-c1ccccc1. The third-order valence-corrected chi connectivity index (χ3v) is 5.03. The Balaban J connectivity index is 1.75. The van der Waals surface area contributed by atoms with E-state index in [0.29, 0.717) is 21.6 Å². The predicted octanol–water partition coefficient (Wildman–Crippen LogP) is 4.03. The Morgan fingerprint density at radius 1 is 1.12 bits per heavy atom. The molecule has 5 nitrogen and oxygen atoms in total. The van der Waals surface area contributed by atoms with Crippen LogP contribution in [0.25, 0.3) is 16.9 Å². The minimum absolute atomic E-state index is 0.227. The maximum Gasteiger partial charge on any atom is 0.275 e. The van der Waals surface area contributed by atoms with Crippen LogP contribution in [0.5, 0.6) is 0 Å². The second kappa shape index (κ2) is 7.35. The van der Waals surface area contributed by atoms with Crippen LogP contribution in [0.15, 0.2) is 65.7 Å². The molecule has 0 spiro atoms. The van der Waals surface area contributed by atoms with Gasteiger partial charge in [0.05, 0.1) is 17.9 Å². The quantitative estimate of drug-likeness (QED) is 0.744. The Morgan fingerprint density at radius 2 is 1.88 bits per heavy atom. The van der Waals surface area contributed by atoms with Gasteiger partial charge in [-0.2, -0.15) is 5.10 Å². The van der Waals surface area contributed by atoms with Crippen molar-refractivity contribution in [3.05, 3.63) is 71.4 Å². The Hall–Kier alpha value is -2.57. The van der Waals surface area contributed by atoms with Crippen LogP contribution in [0.2, 0.25) is 5.02 Å². The molecule has 4 rings (SSSR count). The topological polar surface area (TPSA) is 59.3 Å². The highest BCUT2D eigenvalue weighted by Gasteiger charge is 2.20. The summed E-state index contributed by atoms with van der Waals surface area (Å²) in [4.78, 5) is 17.1. The van der Waals surface area contributed by atoms with E-state index in [-0.39, 0.29) is 5.91 Å². The fraction of sp³-hybridized carbons (Fsp3) is 0.105. The van der Waals surface area contributed by atoms with Gasteiger partial charge in [-0.1, -0.05) is 53.7 Å². The van der Waals surface area contributed by atoms with Crippen LogP contribution in [0.4, 0.5) is 0 Å². The molecule has 0 fully saturated rings. The highest BCUT2D eigenvalue weighted by atomic mass is 35.5. The normalized spacial score (nSPS) is 13.5. The summed E-state index contributed by atoms with van der Waals surface area (Å²) in [7, 11) is 0. The van der Waals surface area contributed by atoms with Crippen LogP contribution in [0.3, 0.4) is 0 Å². The number of aliphatic imine (C=N–C) groups is 1. The summed E-state index contributed by atoms with van der Waals surface area (Å²) in [6, 6.07) is 18.8. The van der Waals surface area contributed by atoms with Crippen LogP contribution in [-0.4, -0.2) is 33.2 Å². The lowest BCUT2D eigenvalue weighted by Crippen LogP contribution is -2.29. The molecular weight excluding hydrogens is 368 g/mol. The van der Waals surface area contributed by atoms with Crippen molar-refractivity contribution in [1.82, 2.24) is 15.1 Å². The summed E-state index contributed by atoms with van der Waals surface area (Å²) in [6.45, 7) is 0.730. The van der Waals surface area contributed by atoms with E-state index < -0.39 is 0 Å². The van der Waals surface area contributed by atoms with Crippen molar-refractivity contribution in [2.45, 2.75) is 0 Å². The zero-order valence-electron chi connectivity index (χ0n) is 13.7. The molecule has 0 saturated carbocycles. The summed E-state index contributed by atoms with van der Waals surface area (Å²) in [5.74, 6) is 0.665. The fourth-order valence-corrected chi connectivity index (χ4v) is 3.49. The zero-order chi connectivity index (χ0) is 17.9. The molecule has 0 unspecified atom stereocenters. The number of benzene rings is 2. The van der Waals surface area contributed by atoms with Crippen molar-refractivity contribution < 1.29 is 4.79 Å². The van der Waals surface area contributed by atoms with Gasteiger partial charge < -0.3 is 0 Å². The van der Waals surface area contributed by atoms with E-state index in [1.54, 1.807) is 22.5 Å². The number of hydrogen-bond donors (Lipinski definition) is 1. The first-order valence-electron chi connectivity index (χ1n) is 8.11. The Kier molecular flexibility index (Phi) is 4.77. The number of hydrogen-bond acceptors (Lipinski definition) is 4. The Morgan fingerprint density at radius 3 is 2.58 bits per heavy atom. The zero-order valence-corrected chi connectivity index (χ0v) is 15.3. The molecular formula is C19H15ClN4OS. The van der Waals surface area contributed by atoms with Crippen molar-refractivity contribution in [2.75, 3.05) is 12.3 Å². The number of halogens is 1. The van der Waals surface area contributed by atoms with Gasteiger partial charge in [-0.15, -0.1) is 0 Å². The third-order valence-electron chi connectivity index (χ3n) is 3.89. The molecule has 130 valence electrons. The maximum atomic E-state index is 12.8. The minimum Gasteiger partial charge on any atom is -0.300 e. The number of nitrogens with one attached hydrogen (secondary N) is 1. The van der Waals surface area contributed by atoms with E-state index in [1.807, 2.05) is 54.6 Å². The summed E-state index contributed by atoms with van der Waals surface area (Å²) < 4.78 is 1.65. The molecule has 0 radical (unpaired) electrons. The number of rotatable bonds is 3. The molecule has 0 saturated heterocycles. The average Bonchev–Trinajstić information content (AvgIpc) is 3.33. The standard InChI is InChI=1S/C19H15ClN4OS/c20-14-8-6-13(7-9-14)16-12-17(18(25)22-19-21-10-11-26-19)24(23-16)15-4-2-1-3-5-15/h1-9,12H,10-11H2,(H,21,22,25). The minimum atomic E-state index is -0.227. The van der Waals surface area contributed by atoms with Crippen LogP contribution in [0.1, 0.15) is 10.5 Å². The first-order valence-corrected chi connectivity index (χ1v) is 9.47. The lowest BCUT2D eigenvalue weighted by Gasteiger charge is -2.07. The molecule has 1 aromatic heterocycles. The van der Waals surface area contributed by atoms with Gasteiger partial charge in [0.25, 0.3) is 5.91 Å². The molecule has 0 aliphatic carbocycles. The molecule has 1 aliphatic rings. The van der Waals surface area contributed by atoms with Gasteiger partial charge in [0, 0.05) is 16.3 Å². The molecule has 0 bridgehead atoms. The molecule has 26 heavy (non-hydrogen) atoms. The molecule has 2 aromatic carbocycles. The van der Waals surface area contributed by atoms with E-state index in [1.165, 1.54) is 0 Å². The largest absolute Gasteiger partial charge is 0.300 e. The number of thioether (sulfide) groups is 1. The van der Waals surface area contributed by atoms with E-state index in [2.05, 4.69) is 15.4 Å².